The Hall–Kier alpha value is 0.170. The minimum absolute atomic E-state index is 1.21. The molecule has 0 saturated heterocycles. The van der Waals surface area contributed by atoms with Gasteiger partial charge in [0, 0.05) is 0 Å². The third-order valence-corrected chi connectivity index (χ3v) is 0.864. The lowest BCUT2D eigenvalue weighted by Crippen LogP contribution is -1.54. The van der Waals surface area contributed by atoms with E-state index in [1.807, 2.05) is 5.82 Å². The predicted octanol–water partition coefficient (Wildman–Crippen LogP) is 2.18. The second kappa shape index (κ2) is 5.17. The molecule has 1 heteroatoms. The van der Waals surface area contributed by atoms with Crippen LogP contribution in [0.25, 0.3) is 0 Å². The maximum atomic E-state index is 2.55. The molecular formula is C5H11P. The molecule has 0 heterocycles. The van der Waals surface area contributed by atoms with Crippen molar-refractivity contribution in [3.05, 3.63) is 11.9 Å². The summed E-state index contributed by atoms with van der Waals surface area (Å²) in [5, 5.41) is 0. The van der Waals surface area contributed by atoms with E-state index in [9.17, 15) is 0 Å². The van der Waals surface area contributed by atoms with Crippen LogP contribution >= 0.6 is 9.24 Å². The van der Waals surface area contributed by atoms with Crippen molar-refractivity contribution in [2.75, 3.05) is 0 Å². The summed E-state index contributed by atoms with van der Waals surface area (Å²) >= 11 is 0. The van der Waals surface area contributed by atoms with Gasteiger partial charge < -0.3 is 0 Å². The van der Waals surface area contributed by atoms with Crippen molar-refractivity contribution in [2.45, 2.75) is 19.8 Å². The number of unbranched alkanes of at least 4 members (excludes halogenated alkanes) is 1. The summed E-state index contributed by atoms with van der Waals surface area (Å²) in [6.45, 7) is 2.17. The van der Waals surface area contributed by atoms with Crippen molar-refractivity contribution in [2.24, 2.45) is 0 Å². The molecule has 0 aromatic heterocycles. The molecule has 0 aromatic carbocycles. The molecule has 1 unspecified atom stereocenters. The summed E-state index contributed by atoms with van der Waals surface area (Å²) < 4.78 is 0. The lowest BCUT2D eigenvalue weighted by Gasteiger charge is -1.76. The first-order chi connectivity index (χ1) is 2.91. The minimum Gasteiger partial charge on any atom is -0.114 e. The van der Waals surface area contributed by atoms with E-state index >= 15 is 0 Å². The SMILES string of the molecule is CCC/C=C/P. The Bertz CT molecular complexity index is 39.2. The van der Waals surface area contributed by atoms with Crippen LogP contribution in [0, 0.1) is 0 Å². The van der Waals surface area contributed by atoms with Gasteiger partial charge in [0.1, 0.15) is 0 Å². The van der Waals surface area contributed by atoms with Crippen molar-refractivity contribution >= 4 is 9.24 Å². The van der Waals surface area contributed by atoms with Crippen LogP contribution in [-0.4, -0.2) is 0 Å². The second-order valence-electron chi connectivity index (χ2n) is 1.22. The van der Waals surface area contributed by atoms with Gasteiger partial charge in [0.05, 0.1) is 0 Å². The van der Waals surface area contributed by atoms with Crippen LogP contribution in [0.2, 0.25) is 0 Å². The van der Waals surface area contributed by atoms with Gasteiger partial charge in [-0.25, -0.2) is 0 Å². The van der Waals surface area contributed by atoms with E-state index < -0.39 is 0 Å². The normalized spacial score (nSPS) is 10.3. The molecule has 0 fully saturated rings. The Morgan fingerprint density at radius 3 is 2.50 bits per heavy atom. The van der Waals surface area contributed by atoms with E-state index in [0.29, 0.717) is 0 Å². The van der Waals surface area contributed by atoms with E-state index in [-0.39, 0.29) is 0 Å². The summed E-state index contributed by atoms with van der Waals surface area (Å²) in [6.07, 6.45) is 4.61. The molecule has 0 aliphatic heterocycles. The molecule has 0 rings (SSSR count). The van der Waals surface area contributed by atoms with E-state index in [1.165, 1.54) is 12.8 Å². The Labute approximate surface area is 41.8 Å². The molecule has 0 amide bonds. The second-order valence-corrected chi connectivity index (χ2v) is 1.60. The standard InChI is InChI=1S/C5H11P/c1-2-3-4-5-6/h4-5H,2-3,6H2,1H3/b5-4+. The summed E-state index contributed by atoms with van der Waals surface area (Å²) in [4.78, 5) is 0. The van der Waals surface area contributed by atoms with Gasteiger partial charge in [-0.3, -0.25) is 0 Å². The molecule has 0 saturated carbocycles. The first kappa shape index (κ1) is 6.17. The first-order valence-corrected chi connectivity index (χ1v) is 2.95. The van der Waals surface area contributed by atoms with Gasteiger partial charge in [-0.1, -0.05) is 25.2 Å². The van der Waals surface area contributed by atoms with Gasteiger partial charge >= 0.3 is 0 Å². The molecule has 6 heavy (non-hydrogen) atoms. The monoisotopic (exact) mass is 102 g/mol. The van der Waals surface area contributed by atoms with E-state index in [1.54, 1.807) is 0 Å². The quantitative estimate of drug-likeness (QED) is 0.469. The topological polar surface area (TPSA) is 0 Å². The van der Waals surface area contributed by atoms with Crippen LogP contribution in [0.1, 0.15) is 19.8 Å². The molecule has 0 aromatic rings. The fourth-order valence-corrected chi connectivity index (χ4v) is 0.455. The summed E-state index contributed by atoms with van der Waals surface area (Å²) in [5.74, 6) is 2.00. The molecule has 0 aliphatic rings. The minimum atomic E-state index is 1.21. The molecule has 0 nitrogen and oxygen atoms in total. The van der Waals surface area contributed by atoms with Gasteiger partial charge in [-0.15, -0.1) is 9.24 Å². The van der Waals surface area contributed by atoms with Crippen LogP contribution in [0.5, 0.6) is 0 Å². The van der Waals surface area contributed by atoms with E-state index in [4.69, 9.17) is 0 Å². The third-order valence-electron chi connectivity index (χ3n) is 0.591. The van der Waals surface area contributed by atoms with Crippen molar-refractivity contribution in [1.29, 1.82) is 0 Å². The maximum absolute atomic E-state index is 2.55. The van der Waals surface area contributed by atoms with Crippen molar-refractivity contribution in [3.8, 4) is 0 Å². The summed E-state index contributed by atoms with van der Waals surface area (Å²) in [6, 6.07) is 0. The fraction of sp³-hybridized carbons (Fsp3) is 0.600. The first-order valence-electron chi connectivity index (χ1n) is 2.28. The van der Waals surface area contributed by atoms with Crippen molar-refractivity contribution < 1.29 is 0 Å². The van der Waals surface area contributed by atoms with Crippen LogP contribution in [-0.2, 0) is 0 Å². The lowest BCUT2D eigenvalue weighted by molar-refractivity contribution is 0.960. The highest BCUT2D eigenvalue weighted by Gasteiger charge is 1.64. The summed E-state index contributed by atoms with van der Waals surface area (Å²) in [5.41, 5.74) is 0. The van der Waals surface area contributed by atoms with Crippen LogP contribution < -0.4 is 0 Å². The van der Waals surface area contributed by atoms with Gasteiger partial charge in [0.2, 0.25) is 0 Å². The van der Waals surface area contributed by atoms with E-state index in [0.717, 1.165) is 0 Å². The zero-order valence-electron chi connectivity index (χ0n) is 4.15. The van der Waals surface area contributed by atoms with E-state index in [2.05, 4.69) is 22.2 Å². The van der Waals surface area contributed by atoms with Crippen LogP contribution in [0.15, 0.2) is 11.9 Å². The molecule has 0 radical (unpaired) electrons. The molecule has 0 spiro atoms. The average molecular weight is 102 g/mol. The molecule has 1 atom stereocenters. The Kier molecular flexibility index (Phi) is 5.32. The Balaban J connectivity index is 2.66. The van der Waals surface area contributed by atoms with Gasteiger partial charge in [0.25, 0.3) is 0 Å². The largest absolute Gasteiger partial charge is 0.114 e. The number of rotatable bonds is 2. The van der Waals surface area contributed by atoms with Gasteiger partial charge in [-0.2, -0.15) is 0 Å². The highest BCUT2D eigenvalue weighted by atomic mass is 31.0. The van der Waals surface area contributed by atoms with Crippen molar-refractivity contribution in [1.82, 2.24) is 0 Å². The Morgan fingerprint density at radius 2 is 2.33 bits per heavy atom. The van der Waals surface area contributed by atoms with Gasteiger partial charge in [0.15, 0.2) is 0 Å². The highest BCUT2D eigenvalue weighted by molar-refractivity contribution is 7.20. The maximum Gasteiger partial charge on any atom is -0.0350 e. The predicted molar refractivity (Wildman–Crippen MR) is 33.8 cm³/mol. The molecule has 36 valence electrons. The fourth-order valence-electron chi connectivity index (χ4n) is 0.263. The molecule has 0 N–H and O–H groups in total. The molecule has 0 aliphatic carbocycles. The number of hydrogen-bond donors (Lipinski definition) is 0. The number of hydrogen-bond acceptors (Lipinski definition) is 0. The smallest absolute Gasteiger partial charge is 0.0350 e. The Morgan fingerprint density at radius 1 is 1.67 bits per heavy atom. The average Bonchev–Trinajstić information content (AvgIpc) is 1.61. The lowest BCUT2D eigenvalue weighted by atomic mass is 10.3. The van der Waals surface area contributed by atoms with Crippen LogP contribution in [0.4, 0.5) is 0 Å². The number of allylic oxidation sites excluding steroid dienone is 1. The van der Waals surface area contributed by atoms with Crippen LogP contribution in [0.3, 0.4) is 0 Å². The van der Waals surface area contributed by atoms with Gasteiger partial charge in [-0.05, 0) is 6.42 Å². The zero-order valence-corrected chi connectivity index (χ0v) is 5.30. The zero-order chi connectivity index (χ0) is 4.83. The molecular weight excluding hydrogens is 91.0 g/mol. The van der Waals surface area contributed by atoms with Crippen molar-refractivity contribution in [3.63, 3.8) is 0 Å². The molecule has 0 bridgehead atoms. The summed E-state index contributed by atoms with van der Waals surface area (Å²) in [7, 11) is 2.55. The third kappa shape index (κ3) is 4.17. The highest BCUT2D eigenvalue weighted by Crippen LogP contribution is 1.90.